The number of methoxy groups -OCH3 is 1. The minimum Gasteiger partial charge on any atom is -0.464 e. The van der Waals surface area contributed by atoms with Gasteiger partial charge in [-0.15, -0.1) is 11.3 Å². The molecule has 0 aliphatic carbocycles. The van der Waals surface area contributed by atoms with Crippen LogP contribution in [0, 0.1) is 6.92 Å². The molecule has 4 nitrogen and oxygen atoms in total. The first-order valence-electron chi connectivity index (χ1n) is 6.25. The summed E-state index contributed by atoms with van der Waals surface area (Å²) < 4.78 is 4.68. The Morgan fingerprint density at radius 3 is 2.86 bits per heavy atom. The lowest BCUT2D eigenvalue weighted by atomic mass is 10.1. The van der Waals surface area contributed by atoms with Gasteiger partial charge in [-0.3, -0.25) is 0 Å². The van der Waals surface area contributed by atoms with Gasteiger partial charge in [-0.1, -0.05) is 29.3 Å². The van der Waals surface area contributed by atoms with Gasteiger partial charge < -0.3 is 10.1 Å². The number of hydrogen-bond donors (Lipinski definition) is 1. The molecule has 0 aliphatic heterocycles. The van der Waals surface area contributed by atoms with Gasteiger partial charge in [-0.2, -0.15) is 0 Å². The largest absolute Gasteiger partial charge is 0.464 e. The first-order valence-corrected chi connectivity index (χ1v) is 7.82. The third-order valence-corrected chi connectivity index (χ3v) is 4.38. The van der Waals surface area contributed by atoms with E-state index in [1.807, 2.05) is 19.1 Å². The molecule has 0 saturated carbocycles. The van der Waals surface area contributed by atoms with E-state index in [0.717, 1.165) is 16.9 Å². The molecule has 0 bridgehead atoms. The fourth-order valence-electron chi connectivity index (χ4n) is 1.79. The van der Waals surface area contributed by atoms with E-state index >= 15 is 0 Å². The van der Waals surface area contributed by atoms with Crippen molar-refractivity contribution in [2.75, 3.05) is 19.0 Å². The van der Waals surface area contributed by atoms with Crippen LogP contribution in [-0.2, 0) is 11.2 Å². The van der Waals surface area contributed by atoms with Gasteiger partial charge in [-0.05, 0) is 31.0 Å². The molecule has 21 heavy (non-hydrogen) atoms. The summed E-state index contributed by atoms with van der Waals surface area (Å²) in [6.45, 7) is 2.50. The second-order valence-electron chi connectivity index (χ2n) is 4.33. The van der Waals surface area contributed by atoms with Gasteiger partial charge in [0.05, 0.1) is 7.11 Å². The molecule has 0 amide bonds. The van der Waals surface area contributed by atoms with Gasteiger partial charge in [0.25, 0.3) is 0 Å². The van der Waals surface area contributed by atoms with Crippen LogP contribution in [0.5, 0.6) is 0 Å². The van der Waals surface area contributed by atoms with Gasteiger partial charge in [0.2, 0.25) is 0 Å². The van der Waals surface area contributed by atoms with E-state index in [2.05, 4.69) is 15.0 Å². The van der Waals surface area contributed by atoms with Crippen LogP contribution in [0.3, 0.4) is 0 Å². The van der Waals surface area contributed by atoms with Crippen LogP contribution in [0.15, 0.2) is 18.2 Å². The number of nitrogens with zero attached hydrogens (tertiary/aromatic N) is 1. The van der Waals surface area contributed by atoms with Crippen LogP contribution in [0.25, 0.3) is 0 Å². The Balaban J connectivity index is 1.96. The Kier molecular flexibility index (Phi) is 5.45. The molecule has 112 valence electrons. The second kappa shape index (κ2) is 7.11. The molecule has 1 aromatic carbocycles. The van der Waals surface area contributed by atoms with Crippen molar-refractivity contribution in [2.45, 2.75) is 13.3 Å². The molecule has 0 spiro atoms. The summed E-state index contributed by atoms with van der Waals surface area (Å²) in [5.74, 6) is -0.419. The van der Waals surface area contributed by atoms with Crippen LogP contribution in [0.1, 0.15) is 20.9 Å². The Labute approximate surface area is 137 Å². The lowest BCUT2D eigenvalue weighted by molar-refractivity contribution is 0.0594. The third kappa shape index (κ3) is 4.09. The number of nitrogens with one attached hydrogen (secondary N) is 1. The number of aryl methyl sites for hydroxylation is 1. The Morgan fingerprint density at radius 1 is 1.43 bits per heavy atom. The molecule has 1 N–H and O–H groups in total. The van der Waals surface area contributed by atoms with Crippen LogP contribution in [0.2, 0.25) is 10.0 Å². The van der Waals surface area contributed by atoms with Gasteiger partial charge in [-0.25, -0.2) is 9.78 Å². The van der Waals surface area contributed by atoms with E-state index in [0.29, 0.717) is 27.4 Å². The predicted octanol–water partition coefficient (Wildman–Crippen LogP) is 4.20. The number of rotatable bonds is 5. The standard InChI is InChI=1S/C14H14Cl2N2O2S/c1-8-12(13(19)20-2)18-14(21-8)17-6-5-9-3-4-10(15)7-11(9)16/h3-4,7H,5-6H2,1-2H3,(H,17,18). The number of anilines is 1. The Hall–Kier alpha value is -1.30. The van der Waals surface area contributed by atoms with Crippen LogP contribution >= 0.6 is 34.5 Å². The lowest BCUT2D eigenvalue weighted by Gasteiger charge is -2.05. The average molecular weight is 345 g/mol. The summed E-state index contributed by atoms with van der Waals surface area (Å²) in [4.78, 5) is 16.5. The van der Waals surface area contributed by atoms with Gasteiger partial charge in [0, 0.05) is 21.5 Å². The van der Waals surface area contributed by atoms with Gasteiger partial charge in [0.15, 0.2) is 10.8 Å². The molecule has 0 unspecified atom stereocenters. The van der Waals surface area contributed by atoms with Crippen LogP contribution < -0.4 is 5.32 Å². The maximum atomic E-state index is 11.5. The van der Waals surface area contributed by atoms with Crippen molar-refractivity contribution < 1.29 is 9.53 Å². The van der Waals surface area contributed by atoms with Crippen LogP contribution in [0.4, 0.5) is 5.13 Å². The van der Waals surface area contributed by atoms with Crippen molar-refractivity contribution >= 4 is 45.6 Å². The Bertz CT molecular complexity index is 658. The molecule has 0 fully saturated rings. The van der Waals surface area contributed by atoms with Gasteiger partial charge >= 0.3 is 5.97 Å². The van der Waals surface area contributed by atoms with Crippen LogP contribution in [-0.4, -0.2) is 24.6 Å². The number of ether oxygens (including phenoxy) is 1. The topological polar surface area (TPSA) is 51.2 Å². The molecule has 7 heteroatoms. The number of aromatic nitrogens is 1. The van der Waals surface area contributed by atoms with E-state index in [4.69, 9.17) is 23.2 Å². The molecule has 1 aromatic heterocycles. The minimum absolute atomic E-state index is 0.356. The predicted molar refractivity (Wildman–Crippen MR) is 86.8 cm³/mol. The molecule has 1 heterocycles. The second-order valence-corrected chi connectivity index (χ2v) is 6.37. The Morgan fingerprint density at radius 2 is 2.19 bits per heavy atom. The molecule has 2 rings (SSSR count). The monoisotopic (exact) mass is 344 g/mol. The molecule has 2 aromatic rings. The summed E-state index contributed by atoms with van der Waals surface area (Å²) in [5, 5.41) is 5.14. The maximum Gasteiger partial charge on any atom is 0.357 e. The molecule has 0 atom stereocenters. The number of halogens is 2. The quantitative estimate of drug-likeness (QED) is 0.825. The SMILES string of the molecule is COC(=O)c1nc(NCCc2ccc(Cl)cc2Cl)sc1C. The van der Waals surface area contributed by atoms with Crippen molar-refractivity contribution in [3.8, 4) is 0 Å². The lowest BCUT2D eigenvalue weighted by Crippen LogP contribution is -2.06. The molecular formula is C14H14Cl2N2O2S. The first-order chi connectivity index (χ1) is 10.0. The normalized spacial score (nSPS) is 10.5. The highest BCUT2D eigenvalue weighted by molar-refractivity contribution is 7.15. The molecule has 0 aliphatic rings. The maximum absolute atomic E-state index is 11.5. The molecule has 0 saturated heterocycles. The van der Waals surface area contributed by atoms with Crippen molar-refractivity contribution in [3.63, 3.8) is 0 Å². The number of esters is 1. The fourth-order valence-corrected chi connectivity index (χ4v) is 3.12. The van der Waals surface area contributed by atoms with Gasteiger partial charge in [0.1, 0.15) is 0 Å². The zero-order valence-corrected chi connectivity index (χ0v) is 13.9. The van der Waals surface area contributed by atoms with E-state index in [-0.39, 0.29) is 0 Å². The van der Waals surface area contributed by atoms with Crippen molar-refractivity contribution in [1.82, 2.24) is 4.98 Å². The summed E-state index contributed by atoms with van der Waals surface area (Å²) in [6.07, 6.45) is 0.738. The summed E-state index contributed by atoms with van der Waals surface area (Å²) in [5.41, 5.74) is 1.37. The summed E-state index contributed by atoms with van der Waals surface area (Å²) in [6, 6.07) is 5.44. The van der Waals surface area contributed by atoms with E-state index < -0.39 is 5.97 Å². The zero-order valence-electron chi connectivity index (χ0n) is 11.6. The number of thiazole rings is 1. The third-order valence-electron chi connectivity index (χ3n) is 2.86. The van der Waals surface area contributed by atoms with Crippen molar-refractivity contribution in [2.24, 2.45) is 0 Å². The highest BCUT2D eigenvalue weighted by Gasteiger charge is 2.15. The zero-order chi connectivity index (χ0) is 15.4. The number of carbonyl (C=O) groups excluding carboxylic acids is 1. The fraction of sp³-hybridized carbons (Fsp3) is 0.286. The van der Waals surface area contributed by atoms with Crippen molar-refractivity contribution in [1.29, 1.82) is 0 Å². The number of hydrogen-bond acceptors (Lipinski definition) is 5. The molecule has 0 radical (unpaired) electrons. The first kappa shape index (κ1) is 16.1. The summed E-state index contributed by atoms with van der Waals surface area (Å²) in [7, 11) is 1.34. The number of benzene rings is 1. The van der Waals surface area contributed by atoms with E-state index in [9.17, 15) is 4.79 Å². The minimum atomic E-state index is -0.419. The smallest absolute Gasteiger partial charge is 0.357 e. The molecular weight excluding hydrogens is 331 g/mol. The van der Waals surface area contributed by atoms with E-state index in [1.165, 1.54) is 18.4 Å². The van der Waals surface area contributed by atoms with Crippen molar-refractivity contribution in [3.05, 3.63) is 44.4 Å². The highest BCUT2D eigenvalue weighted by Crippen LogP contribution is 2.24. The van der Waals surface area contributed by atoms with E-state index in [1.54, 1.807) is 6.07 Å². The number of carbonyl (C=O) groups is 1. The highest BCUT2D eigenvalue weighted by atomic mass is 35.5. The summed E-state index contributed by atoms with van der Waals surface area (Å²) >= 11 is 13.4. The average Bonchev–Trinajstić information content (AvgIpc) is 2.81.